The van der Waals surface area contributed by atoms with Gasteiger partial charge < -0.3 is 0 Å². The van der Waals surface area contributed by atoms with E-state index in [2.05, 4.69) is 6.07 Å². The minimum atomic E-state index is 0.673. The van der Waals surface area contributed by atoms with Crippen molar-refractivity contribution in [2.45, 2.75) is 6.92 Å². The van der Waals surface area contributed by atoms with E-state index < -0.39 is 0 Å². The molecule has 0 aliphatic rings. The number of nitrogens with zero attached hydrogens (tertiary/aromatic N) is 1. The molecule has 1 nitrogen and oxygen atoms in total. The summed E-state index contributed by atoms with van der Waals surface area (Å²) in [6, 6.07) is 9.32. The maximum Gasteiger partial charge on any atom is 0.0994 e. The molecule has 0 unspecified atom stereocenters. The molecule has 0 aliphatic heterocycles. The Balaban J connectivity index is 3.06. The van der Waals surface area contributed by atoms with Gasteiger partial charge in [-0.15, -0.1) is 0 Å². The summed E-state index contributed by atoms with van der Waals surface area (Å²) in [7, 11) is 0. The Labute approximate surface area is 76.9 Å². The summed E-state index contributed by atoms with van der Waals surface area (Å²) in [6.45, 7) is 1.84. The van der Waals surface area contributed by atoms with Gasteiger partial charge in [-0.1, -0.05) is 29.8 Å². The molecule has 0 N–H and O–H groups in total. The van der Waals surface area contributed by atoms with E-state index in [1.807, 2.05) is 19.1 Å². The van der Waals surface area contributed by atoms with Gasteiger partial charge in [0, 0.05) is 5.02 Å². The van der Waals surface area contributed by atoms with Gasteiger partial charge in [-0.3, -0.25) is 0 Å². The maximum atomic E-state index is 8.70. The number of rotatable bonds is 1. The van der Waals surface area contributed by atoms with E-state index in [0.29, 0.717) is 10.6 Å². The van der Waals surface area contributed by atoms with E-state index in [4.69, 9.17) is 16.9 Å². The summed E-state index contributed by atoms with van der Waals surface area (Å²) < 4.78 is 0. The highest BCUT2D eigenvalue weighted by Crippen LogP contribution is 2.16. The van der Waals surface area contributed by atoms with Crippen LogP contribution in [0.4, 0.5) is 0 Å². The molecule has 0 aromatic heterocycles. The second kappa shape index (κ2) is 3.94. The fourth-order valence-corrected chi connectivity index (χ4v) is 1.05. The molecular weight excluding hydrogens is 170 g/mol. The lowest BCUT2D eigenvalue weighted by atomic mass is 10.1. The molecule has 2 heteroatoms. The molecule has 0 spiro atoms. The average molecular weight is 178 g/mol. The molecule has 60 valence electrons. The molecule has 0 amide bonds. The fraction of sp³-hybridized carbons (Fsp3) is 0.100. The van der Waals surface area contributed by atoms with Gasteiger partial charge in [-0.05, 0) is 24.6 Å². The Bertz CT molecular complexity index is 330. The monoisotopic (exact) mass is 177 g/mol. The van der Waals surface area contributed by atoms with Crippen molar-refractivity contribution >= 4 is 17.2 Å². The molecule has 0 atom stereocenters. The van der Waals surface area contributed by atoms with Gasteiger partial charge in [0.1, 0.15) is 0 Å². The van der Waals surface area contributed by atoms with E-state index in [1.54, 1.807) is 18.2 Å². The number of hydrogen-bond donors (Lipinski definition) is 0. The van der Waals surface area contributed by atoms with Crippen molar-refractivity contribution in [3.05, 3.63) is 40.9 Å². The maximum absolute atomic E-state index is 8.70. The molecule has 0 saturated heterocycles. The zero-order valence-electron chi connectivity index (χ0n) is 6.71. The van der Waals surface area contributed by atoms with Crippen LogP contribution in [0.1, 0.15) is 12.5 Å². The number of hydrogen-bond acceptors (Lipinski definition) is 1. The lowest BCUT2D eigenvalue weighted by Crippen LogP contribution is -1.78. The third-order valence-electron chi connectivity index (χ3n) is 1.56. The smallest absolute Gasteiger partial charge is 0.0994 e. The Hall–Kier alpha value is -1.26. The molecule has 0 heterocycles. The summed E-state index contributed by atoms with van der Waals surface area (Å²) in [6.07, 6.45) is 1.78. The average Bonchev–Trinajstić information content (AvgIpc) is 2.10. The normalized spacial score (nSPS) is 10.9. The Morgan fingerprint density at radius 1 is 1.42 bits per heavy atom. The van der Waals surface area contributed by atoms with Crippen LogP contribution >= 0.6 is 11.6 Å². The van der Waals surface area contributed by atoms with Crippen molar-refractivity contribution in [1.29, 1.82) is 5.26 Å². The van der Waals surface area contributed by atoms with Crippen molar-refractivity contribution in [3.8, 4) is 6.07 Å². The molecule has 1 aromatic carbocycles. The van der Waals surface area contributed by atoms with Crippen molar-refractivity contribution in [2.24, 2.45) is 0 Å². The van der Waals surface area contributed by atoms with Gasteiger partial charge >= 0.3 is 0 Å². The molecular formula is C10H8ClN. The van der Waals surface area contributed by atoms with Crippen LogP contribution in [0.5, 0.6) is 0 Å². The van der Waals surface area contributed by atoms with Crippen LogP contribution < -0.4 is 0 Å². The summed E-state index contributed by atoms with van der Waals surface area (Å²) in [4.78, 5) is 0. The van der Waals surface area contributed by atoms with Crippen LogP contribution in [0.25, 0.3) is 5.57 Å². The molecule has 1 rings (SSSR count). The molecule has 12 heavy (non-hydrogen) atoms. The molecule has 0 saturated carbocycles. The topological polar surface area (TPSA) is 23.8 Å². The van der Waals surface area contributed by atoms with E-state index in [-0.39, 0.29) is 0 Å². The number of allylic oxidation sites excluding steroid dienone is 2. The summed E-state index contributed by atoms with van der Waals surface area (Å²) in [5, 5.41) is 9.38. The van der Waals surface area contributed by atoms with Gasteiger partial charge in [0.15, 0.2) is 0 Å². The molecule has 0 radical (unpaired) electrons. The van der Waals surface area contributed by atoms with Crippen LogP contribution in [-0.4, -0.2) is 0 Å². The van der Waals surface area contributed by atoms with Crippen LogP contribution in [0.3, 0.4) is 0 Å². The Morgan fingerprint density at radius 2 is 2.00 bits per heavy atom. The van der Waals surface area contributed by atoms with E-state index in [0.717, 1.165) is 5.56 Å². The fourth-order valence-electron chi connectivity index (χ4n) is 0.925. The summed E-state index contributed by atoms with van der Waals surface area (Å²) in [5.74, 6) is 0. The SMILES string of the molecule is C/C=C(\C#N)c1ccc(Cl)cc1. The highest BCUT2D eigenvalue weighted by atomic mass is 35.5. The highest BCUT2D eigenvalue weighted by Gasteiger charge is 1.97. The number of halogens is 1. The minimum Gasteiger partial charge on any atom is -0.192 e. The summed E-state index contributed by atoms with van der Waals surface area (Å²) >= 11 is 5.70. The lowest BCUT2D eigenvalue weighted by molar-refractivity contribution is 1.51. The van der Waals surface area contributed by atoms with E-state index >= 15 is 0 Å². The first-order valence-corrected chi connectivity index (χ1v) is 3.98. The van der Waals surface area contributed by atoms with Crippen molar-refractivity contribution < 1.29 is 0 Å². The van der Waals surface area contributed by atoms with Crippen molar-refractivity contribution in [2.75, 3.05) is 0 Å². The minimum absolute atomic E-state index is 0.673. The second-order valence-electron chi connectivity index (χ2n) is 2.32. The molecule has 0 bridgehead atoms. The zero-order valence-corrected chi connectivity index (χ0v) is 7.47. The van der Waals surface area contributed by atoms with Gasteiger partial charge in [0.25, 0.3) is 0 Å². The Morgan fingerprint density at radius 3 is 2.42 bits per heavy atom. The highest BCUT2D eigenvalue weighted by molar-refractivity contribution is 6.30. The second-order valence-corrected chi connectivity index (χ2v) is 2.76. The number of nitriles is 1. The van der Waals surface area contributed by atoms with E-state index in [1.165, 1.54) is 0 Å². The standard InChI is InChI=1S/C10H8ClN/c1-2-8(7-12)9-3-5-10(11)6-4-9/h2-6H,1H3/b8-2+. The quantitative estimate of drug-likeness (QED) is 0.604. The number of benzene rings is 1. The molecule has 0 aliphatic carbocycles. The van der Waals surface area contributed by atoms with Crippen molar-refractivity contribution in [1.82, 2.24) is 0 Å². The van der Waals surface area contributed by atoms with Crippen LogP contribution in [0, 0.1) is 11.3 Å². The van der Waals surface area contributed by atoms with Gasteiger partial charge in [0.05, 0.1) is 11.6 Å². The van der Waals surface area contributed by atoms with Crippen LogP contribution in [0.2, 0.25) is 5.02 Å². The largest absolute Gasteiger partial charge is 0.192 e. The predicted molar refractivity (Wildman–Crippen MR) is 50.7 cm³/mol. The zero-order chi connectivity index (χ0) is 8.97. The van der Waals surface area contributed by atoms with Gasteiger partial charge in [-0.2, -0.15) is 5.26 Å². The third kappa shape index (κ3) is 1.87. The predicted octanol–water partition coefficient (Wildman–Crippen LogP) is 3.27. The Kier molecular flexibility index (Phi) is 2.90. The first-order chi connectivity index (χ1) is 5.77. The molecule has 0 fully saturated rings. The third-order valence-corrected chi connectivity index (χ3v) is 1.82. The van der Waals surface area contributed by atoms with Gasteiger partial charge in [-0.25, -0.2) is 0 Å². The van der Waals surface area contributed by atoms with Crippen LogP contribution in [-0.2, 0) is 0 Å². The summed E-state index contributed by atoms with van der Waals surface area (Å²) in [5.41, 5.74) is 1.58. The van der Waals surface area contributed by atoms with Gasteiger partial charge in [0.2, 0.25) is 0 Å². The lowest BCUT2D eigenvalue weighted by Gasteiger charge is -1.96. The first-order valence-electron chi connectivity index (χ1n) is 3.60. The molecule has 1 aromatic rings. The van der Waals surface area contributed by atoms with Crippen LogP contribution in [0.15, 0.2) is 30.3 Å². The first kappa shape index (κ1) is 8.83. The van der Waals surface area contributed by atoms with E-state index in [9.17, 15) is 0 Å². The van der Waals surface area contributed by atoms with Crippen molar-refractivity contribution in [3.63, 3.8) is 0 Å².